The second-order valence-electron chi connectivity index (χ2n) is 6.69. The van der Waals surface area contributed by atoms with Gasteiger partial charge in [0.15, 0.2) is 11.6 Å². The van der Waals surface area contributed by atoms with Gasteiger partial charge in [0.2, 0.25) is 0 Å². The van der Waals surface area contributed by atoms with E-state index in [-0.39, 0.29) is 23.5 Å². The van der Waals surface area contributed by atoms with Gasteiger partial charge >= 0.3 is 0 Å². The zero-order chi connectivity index (χ0) is 19.8. The van der Waals surface area contributed by atoms with Crippen molar-refractivity contribution in [2.45, 2.75) is 30.8 Å². The predicted molar refractivity (Wildman–Crippen MR) is 104 cm³/mol. The maximum absolute atomic E-state index is 14.7. The van der Waals surface area contributed by atoms with Crippen LogP contribution in [-0.2, 0) is 5.41 Å². The Kier molecular flexibility index (Phi) is 5.87. The van der Waals surface area contributed by atoms with Crippen molar-refractivity contribution in [2.24, 2.45) is 0 Å². The summed E-state index contributed by atoms with van der Waals surface area (Å²) in [6.07, 6.45) is 0.368. The molecule has 0 spiro atoms. The van der Waals surface area contributed by atoms with Gasteiger partial charge in [-0.25, -0.2) is 13.2 Å². The lowest BCUT2D eigenvalue weighted by atomic mass is 9.87. The summed E-state index contributed by atoms with van der Waals surface area (Å²) >= 11 is 1.95. The molecule has 27 heavy (non-hydrogen) atoms. The van der Waals surface area contributed by atoms with Crippen LogP contribution in [0.25, 0.3) is 0 Å². The van der Waals surface area contributed by atoms with Crippen LogP contribution in [0.1, 0.15) is 24.8 Å². The van der Waals surface area contributed by atoms with Gasteiger partial charge in [-0.3, -0.25) is 0 Å². The van der Waals surface area contributed by atoms with Crippen molar-refractivity contribution in [1.29, 1.82) is 0 Å². The number of anilines is 2. The fourth-order valence-electron chi connectivity index (χ4n) is 3.36. The molecule has 4 nitrogen and oxygen atoms in total. The summed E-state index contributed by atoms with van der Waals surface area (Å²) in [5, 5.41) is 21.8. The first kappa shape index (κ1) is 20.2. The van der Waals surface area contributed by atoms with Crippen LogP contribution in [0.3, 0.4) is 0 Å². The molecule has 1 fully saturated rings. The first-order valence-electron chi connectivity index (χ1n) is 8.39. The average Bonchev–Trinajstić information content (AvgIpc) is 3.40. The molecule has 1 unspecified atom stereocenters. The Labute approximate surface area is 168 Å². The monoisotopic (exact) mass is 493 g/mol. The summed E-state index contributed by atoms with van der Waals surface area (Å²) in [4.78, 5) is 0. The van der Waals surface area contributed by atoms with E-state index in [2.05, 4.69) is 5.32 Å². The summed E-state index contributed by atoms with van der Waals surface area (Å²) in [6.45, 7) is -0.442. The van der Waals surface area contributed by atoms with E-state index in [4.69, 9.17) is 4.74 Å². The minimum atomic E-state index is -1.14. The van der Waals surface area contributed by atoms with Gasteiger partial charge in [-0.1, -0.05) is 0 Å². The Morgan fingerprint density at radius 2 is 1.93 bits per heavy atom. The van der Waals surface area contributed by atoms with Gasteiger partial charge in [0.25, 0.3) is 0 Å². The van der Waals surface area contributed by atoms with Crippen LogP contribution in [0, 0.1) is 21.0 Å². The highest BCUT2D eigenvalue weighted by Gasteiger charge is 2.49. The molecule has 0 heterocycles. The molecule has 1 aliphatic carbocycles. The molecule has 0 aliphatic heterocycles. The van der Waals surface area contributed by atoms with E-state index >= 15 is 0 Å². The lowest BCUT2D eigenvalue weighted by molar-refractivity contribution is 0.0793. The summed E-state index contributed by atoms with van der Waals surface area (Å²) in [5.41, 5.74) is -0.546. The summed E-state index contributed by atoms with van der Waals surface area (Å²) in [6, 6.07) is 5.31. The van der Waals surface area contributed by atoms with E-state index in [1.54, 1.807) is 6.07 Å². The van der Waals surface area contributed by atoms with E-state index in [1.165, 1.54) is 19.2 Å². The molecule has 8 heteroatoms. The number of halogens is 4. The Morgan fingerprint density at radius 3 is 2.48 bits per heavy atom. The van der Waals surface area contributed by atoms with E-state index in [1.807, 2.05) is 22.6 Å². The van der Waals surface area contributed by atoms with Gasteiger partial charge in [-0.2, -0.15) is 0 Å². The van der Waals surface area contributed by atoms with Gasteiger partial charge < -0.3 is 20.3 Å². The van der Waals surface area contributed by atoms with E-state index in [0.29, 0.717) is 22.0 Å². The topological polar surface area (TPSA) is 61.7 Å². The molecule has 2 aromatic carbocycles. The maximum atomic E-state index is 14.7. The van der Waals surface area contributed by atoms with E-state index in [9.17, 15) is 23.4 Å². The smallest absolute Gasteiger partial charge is 0.182 e. The fraction of sp³-hybridized carbons (Fsp3) is 0.368. The number of aliphatic hydroxyl groups excluding tert-OH is 2. The van der Waals surface area contributed by atoms with Crippen LogP contribution >= 0.6 is 22.6 Å². The molecule has 0 radical (unpaired) electrons. The number of benzene rings is 2. The zero-order valence-corrected chi connectivity index (χ0v) is 16.7. The van der Waals surface area contributed by atoms with Crippen LogP contribution < -0.4 is 10.1 Å². The highest BCUT2D eigenvalue weighted by Crippen LogP contribution is 2.58. The van der Waals surface area contributed by atoms with Crippen molar-refractivity contribution >= 4 is 34.0 Å². The molecule has 3 rings (SSSR count). The maximum Gasteiger partial charge on any atom is 0.182 e. The molecule has 1 saturated carbocycles. The quantitative estimate of drug-likeness (QED) is 0.506. The number of rotatable bonds is 7. The van der Waals surface area contributed by atoms with Gasteiger partial charge in [0.05, 0.1) is 31.2 Å². The molecule has 0 amide bonds. The SMILES string of the molecule is COc1cc(F)c(F)c(Nc2ccc(I)cc2F)c1C1(CC(O)CO)CC1. The largest absolute Gasteiger partial charge is 0.496 e. The number of nitrogens with one attached hydrogen (secondary N) is 1. The van der Waals surface area contributed by atoms with Crippen LogP contribution in [0.5, 0.6) is 5.75 Å². The highest BCUT2D eigenvalue weighted by molar-refractivity contribution is 14.1. The van der Waals surface area contributed by atoms with Crippen molar-refractivity contribution in [3.63, 3.8) is 0 Å². The van der Waals surface area contributed by atoms with Crippen molar-refractivity contribution in [3.05, 3.63) is 50.9 Å². The second-order valence-corrected chi connectivity index (χ2v) is 7.94. The van der Waals surface area contributed by atoms with Gasteiger partial charge in [0, 0.05) is 20.6 Å². The van der Waals surface area contributed by atoms with E-state index < -0.39 is 35.6 Å². The molecule has 146 valence electrons. The molecule has 1 aliphatic rings. The van der Waals surface area contributed by atoms with E-state index in [0.717, 1.165) is 6.07 Å². The van der Waals surface area contributed by atoms with Crippen LogP contribution in [-0.4, -0.2) is 30.0 Å². The molecule has 0 saturated heterocycles. The first-order chi connectivity index (χ1) is 12.8. The molecule has 3 N–H and O–H groups in total. The van der Waals surface area contributed by atoms with Crippen molar-refractivity contribution < 1.29 is 28.1 Å². The van der Waals surface area contributed by atoms with Gasteiger partial charge in [-0.15, -0.1) is 0 Å². The standard InChI is InChI=1S/C19H19F3INO3/c1-27-15-7-13(21)17(22)18(24-14-3-2-10(23)6-12(14)20)16(15)19(4-5-19)8-11(26)9-25/h2-3,6-7,11,24-26H,4-5,8-9H2,1H3. The Bertz CT molecular complexity index is 859. The number of hydrogen-bond donors (Lipinski definition) is 3. The molecule has 0 bridgehead atoms. The lowest BCUT2D eigenvalue weighted by Gasteiger charge is -2.25. The van der Waals surface area contributed by atoms with Crippen LogP contribution in [0.2, 0.25) is 0 Å². The molecular formula is C19H19F3INO3. The third-order valence-corrected chi connectivity index (χ3v) is 5.49. The minimum absolute atomic E-state index is 0.00160. The highest BCUT2D eigenvalue weighted by atomic mass is 127. The molecular weight excluding hydrogens is 474 g/mol. The van der Waals surface area contributed by atoms with Crippen molar-refractivity contribution in [3.8, 4) is 5.75 Å². The summed E-state index contributed by atoms with van der Waals surface area (Å²) < 4.78 is 49.1. The first-order valence-corrected chi connectivity index (χ1v) is 9.46. The fourth-order valence-corrected chi connectivity index (χ4v) is 3.81. The predicted octanol–water partition coefficient (Wildman–Crippen LogP) is 4.24. The summed E-state index contributed by atoms with van der Waals surface area (Å²) in [5.74, 6) is -2.75. The number of aliphatic hydroxyl groups is 2. The van der Waals surface area contributed by atoms with Gasteiger partial charge in [0.1, 0.15) is 11.6 Å². The van der Waals surface area contributed by atoms with Crippen molar-refractivity contribution in [1.82, 2.24) is 0 Å². The van der Waals surface area contributed by atoms with Crippen LogP contribution in [0.4, 0.5) is 24.5 Å². The molecule has 0 aromatic heterocycles. The second kappa shape index (κ2) is 7.84. The third kappa shape index (κ3) is 4.02. The number of ether oxygens (including phenoxy) is 1. The molecule has 2 aromatic rings. The average molecular weight is 493 g/mol. The normalized spacial score (nSPS) is 16.1. The number of methoxy groups -OCH3 is 1. The Hall–Kier alpha value is -1.52. The third-order valence-electron chi connectivity index (χ3n) is 4.82. The Balaban J connectivity index is 2.13. The zero-order valence-electron chi connectivity index (χ0n) is 14.5. The van der Waals surface area contributed by atoms with Crippen LogP contribution in [0.15, 0.2) is 24.3 Å². The van der Waals surface area contributed by atoms with Gasteiger partial charge in [-0.05, 0) is 60.1 Å². The summed E-state index contributed by atoms with van der Waals surface area (Å²) in [7, 11) is 1.34. The molecule has 1 atom stereocenters. The Morgan fingerprint density at radius 1 is 1.22 bits per heavy atom. The van der Waals surface area contributed by atoms with Crippen molar-refractivity contribution in [2.75, 3.05) is 19.0 Å². The number of hydrogen-bond acceptors (Lipinski definition) is 4. The lowest BCUT2D eigenvalue weighted by Crippen LogP contribution is -2.23. The minimum Gasteiger partial charge on any atom is -0.496 e.